The molecule has 2 atom stereocenters. The number of nitrogens with one attached hydrogen (secondary N) is 2. The Morgan fingerprint density at radius 3 is 2.64 bits per heavy atom. The number of rotatable bonds is 11. The molecule has 0 saturated carbocycles. The number of amides is 2. The number of hydrogen-bond acceptors (Lipinski definition) is 7. The number of anilines is 2. The van der Waals surface area contributed by atoms with Crippen molar-refractivity contribution in [2.75, 3.05) is 55.7 Å². The van der Waals surface area contributed by atoms with Crippen LogP contribution in [-0.2, 0) is 20.8 Å². The number of benzene rings is 2. The summed E-state index contributed by atoms with van der Waals surface area (Å²) in [5.41, 5.74) is 13.3. The van der Waals surface area contributed by atoms with Gasteiger partial charge in [0.15, 0.2) is 5.96 Å². The molecule has 2 aromatic carbocycles. The third kappa shape index (κ3) is 7.58. The molecule has 2 aromatic rings. The zero-order valence-electron chi connectivity index (χ0n) is 21.9. The van der Waals surface area contributed by atoms with Gasteiger partial charge in [-0.05, 0) is 36.6 Å². The first-order valence-electron chi connectivity index (χ1n) is 13.1. The standard InChI is InChI=1S/C27H36FN7O4/c28-22-15-20(8-9-24(22)33-11-13-38-14-12-33)35-18-21(39-27(35)37)17-34(16-19-5-2-1-3-6-19)25(36)23(29)7-4-10-32-26(30)31/h1-3,5-6,8-9,15,21,23H,4,7,10-14,16-18,29H2,(H4,30,31,32). The molecule has 0 radical (unpaired) electrons. The van der Waals surface area contributed by atoms with Gasteiger partial charge in [-0.3, -0.25) is 15.1 Å². The van der Waals surface area contributed by atoms with Crippen LogP contribution in [0.25, 0.3) is 0 Å². The molecule has 2 fully saturated rings. The number of nitrogens with zero attached hydrogens (tertiary/aromatic N) is 3. The minimum absolute atomic E-state index is 0.135. The molecule has 2 aliphatic rings. The highest BCUT2D eigenvalue weighted by Gasteiger charge is 2.35. The van der Waals surface area contributed by atoms with E-state index < -0.39 is 24.1 Å². The number of carbonyl (C=O) groups is 2. The summed E-state index contributed by atoms with van der Waals surface area (Å²) < 4.78 is 25.9. The van der Waals surface area contributed by atoms with E-state index in [4.69, 9.17) is 26.4 Å². The normalized spacial score (nSPS) is 18.0. The quantitative estimate of drug-likeness (QED) is 0.190. The molecule has 2 aliphatic heterocycles. The van der Waals surface area contributed by atoms with Gasteiger partial charge in [-0.2, -0.15) is 0 Å². The van der Waals surface area contributed by atoms with Crippen LogP contribution in [0, 0.1) is 11.2 Å². The third-order valence-electron chi connectivity index (χ3n) is 6.75. The number of guanidine groups is 1. The van der Waals surface area contributed by atoms with E-state index in [0.29, 0.717) is 63.6 Å². The lowest BCUT2D eigenvalue weighted by atomic mass is 10.1. The Hall–Kier alpha value is -3.90. The van der Waals surface area contributed by atoms with E-state index in [9.17, 15) is 14.0 Å². The molecule has 12 heteroatoms. The van der Waals surface area contributed by atoms with E-state index in [-0.39, 0.29) is 25.0 Å². The minimum Gasteiger partial charge on any atom is -0.442 e. The van der Waals surface area contributed by atoms with Crippen LogP contribution in [0.3, 0.4) is 0 Å². The summed E-state index contributed by atoms with van der Waals surface area (Å²) in [5, 5.41) is 9.94. The Labute approximate surface area is 227 Å². The summed E-state index contributed by atoms with van der Waals surface area (Å²) >= 11 is 0. The smallest absolute Gasteiger partial charge is 0.414 e. The molecule has 39 heavy (non-hydrogen) atoms. The van der Waals surface area contributed by atoms with Gasteiger partial charge >= 0.3 is 6.09 Å². The number of hydrogen-bond donors (Lipinski definition) is 4. The predicted molar refractivity (Wildman–Crippen MR) is 146 cm³/mol. The summed E-state index contributed by atoms with van der Waals surface area (Å²) in [4.78, 5) is 31.0. The highest BCUT2D eigenvalue weighted by Crippen LogP contribution is 2.29. The van der Waals surface area contributed by atoms with Gasteiger partial charge in [0.1, 0.15) is 11.9 Å². The molecular formula is C27H36FN7O4. The first kappa shape index (κ1) is 28.1. The van der Waals surface area contributed by atoms with Gasteiger partial charge in [0.2, 0.25) is 5.91 Å². The predicted octanol–water partition coefficient (Wildman–Crippen LogP) is 1.61. The fourth-order valence-corrected chi connectivity index (χ4v) is 4.74. The molecule has 0 bridgehead atoms. The third-order valence-corrected chi connectivity index (χ3v) is 6.75. The molecule has 2 amide bonds. The summed E-state index contributed by atoms with van der Waals surface area (Å²) in [6.07, 6.45) is -0.247. The van der Waals surface area contributed by atoms with E-state index in [1.807, 2.05) is 35.2 Å². The topological polar surface area (TPSA) is 150 Å². The van der Waals surface area contributed by atoms with E-state index in [1.165, 1.54) is 11.0 Å². The van der Waals surface area contributed by atoms with Gasteiger partial charge in [0, 0.05) is 26.2 Å². The molecule has 4 rings (SSSR count). The highest BCUT2D eigenvalue weighted by atomic mass is 19.1. The Balaban J connectivity index is 1.42. The second kappa shape index (κ2) is 13.3. The fraction of sp³-hybridized carbons (Fsp3) is 0.444. The average Bonchev–Trinajstić information content (AvgIpc) is 3.30. The number of carbonyl (C=O) groups excluding carboxylic acids is 2. The van der Waals surface area contributed by atoms with E-state index in [0.717, 1.165) is 5.56 Å². The second-order valence-corrected chi connectivity index (χ2v) is 9.65. The van der Waals surface area contributed by atoms with E-state index >= 15 is 0 Å². The maximum atomic E-state index is 15.0. The molecule has 2 saturated heterocycles. The van der Waals surface area contributed by atoms with Crippen LogP contribution in [0.1, 0.15) is 18.4 Å². The van der Waals surface area contributed by atoms with Gasteiger partial charge in [0.05, 0.1) is 43.7 Å². The Morgan fingerprint density at radius 2 is 1.95 bits per heavy atom. The van der Waals surface area contributed by atoms with Crippen LogP contribution in [0.15, 0.2) is 48.5 Å². The lowest BCUT2D eigenvalue weighted by Gasteiger charge is -2.29. The maximum absolute atomic E-state index is 15.0. The molecule has 2 unspecified atom stereocenters. The van der Waals surface area contributed by atoms with Crippen molar-refractivity contribution in [2.45, 2.75) is 31.5 Å². The first-order valence-corrected chi connectivity index (χ1v) is 13.1. The van der Waals surface area contributed by atoms with Crippen LogP contribution in [-0.4, -0.2) is 80.9 Å². The number of cyclic esters (lactones) is 1. The van der Waals surface area contributed by atoms with Gasteiger partial charge in [-0.25, -0.2) is 9.18 Å². The maximum Gasteiger partial charge on any atom is 0.414 e. The number of morpholine rings is 1. The largest absolute Gasteiger partial charge is 0.442 e. The van der Waals surface area contributed by atoms with Gasteiger partial charge in [-0.1, -0.05) is 30.3 Å². The summed E-state index contributed by atoms with van der Waals surface area (Å²) in [6, 6.07) is 13.4. The van der Waals surface area contributed by atoms with Crippen molar-refractivity contribution < 1.29 is 23.5 Å². The molecule has 0 spiro atoms. The van der Waals surface area contributed by atoms with Crippen molar-refractivity contribution in [1.82, 2.24) is 10.2 Å². The number of ether oxygens (including phenoxy) is 2. The highest BCUT2D eigenvalue weighted by molar-refractivity contribution is 5.90. The Kier molecular flexibility index (Phi) is 9.55. The van der Waals surface area contributed by atoms with Crippen LogP contribution in [0.5, 0.6) is 0 Å². The number of nitrogens with two attached hydrogens (primary N) is 2. The summed E-state index contributed by atoms with van der Waals surface area (Å²) in [5.74, 6) is -0.822. The average molecular weight is 542 g/mol. The van der Waals surface area contributed by atoms with Crippen LogP contribution in [0.2, 0.25) is 0 Å². The van der Waals surface area contributed by atoms with E-state index in [1.54, 1.807) is 17.0 Å². The molecule has 0 aromatic heterocycles. The zero-order chi connectivity index (χ0) is 27.8. The van der Waals surface area contributed by atoms with Gasteiger partial charge in [0.25, 0.3) is 0 Å². The molecule has 210 valence electrons. The van der Waals surface area contributed by atoms with Crippen LogP contribution >= 0.6 is 0 Å². The molecule has 0 aliphatic carbocycles. The van der Waals surface area contributed by atoms with Crippen molar-refractivity contribution in [2.24, 2.45) is 11.5 Å². The van der Waals surface area contributed by atoms with Crippen molar-refractivity contribution >= 4 is 29.3 Å². The van der Waals surface area contributed by atoms with Crippen molar-refractivity contribution in [1.29, 1.82) is 5.41 Å². The number of halogens is 1. The van der Waals surface area contributed by atoms with Crippen LogP contribution < -0.4 is 26.6 Å². The van der Waals surface area contributed by atoms with Crippen LogP contribution in [0.4, 0.5) is 20.6 Å². The van der Waals surface area contributed by atoms with Gasteiger partial charge in [-0.15, -0.1) is 0 Å². The molecular weight excluding hydrogens is 505 g/mol. The van der Waals surface area contributed by atoms with Crippen molar-refractivity contribution in [3.63, 3.8) is 0 Å². The van der Waals surface area contributed by atoms with Crippen molar-refractivity contribution in [3.05, 3.63) is 59.9 Å². The molecule has 6 N–H and O–H groups in total. The lowest BCUT2D eigenvalue weighted by molar-refractivity contribution is -0.134. The SMILES string of the molecule is N=C(N)NCCCC(N)C(=O)N(Cc1ccccc1)CC1CN(c2ccc(N3CCOCC3)c(F)c2)C(=O)O1. The Bertz CT molecular complexity index is 1150. The zero-order valence-corrected chi connectivity index (χ0v) is 21.9. The monoisotopic (exact) mass is 541 g/mol. The summed E-state index contributed by atoms with van der Waals surface area (Å²) in [7, 11) is 0. The molecule has 11 nitrogen and oxygen atoms in total. The van der Waals surface area contributed by atoms with Crippen molar-refractivity contribution in [3.8, 4) is 0 Å². The van der Waals surface area contributed by atoms with E-state index in [2.05, 4.69) is 5.32 Å². The summed E-state index contributed by atoms with van der Waals surface area (Å²) in [6.45, 7) is 3.34. The minimum atomic E-state index is -0.766. The second-order valence-electron chi connectivity index (χ2n) is 9.65. The van der Waals surface area contributed by atoms with Gasteiger partial charge < -0.3 is 36.1 Å². The molecule has 2 heterocycles. The Morgan fingerprint density at radius 1 is 1.21 bits per heavy atom. The lowest BCUT2D eigenvalue weighted by Crippen LogP contribution is -2.47. The fourth-order valence-electron chi connectivity index (χ4n) is 4.74. The first-order chi connectivity index (χ1) is 18.8.